The van der Waals surface area contributed by atoms with Crippen molar-refractivity contribution >= 4 is 23.5 Å². The van der Waals surface area contributed by atoms with Crippen LogP contribution in [0.1, 0.15) is 40.1 Å². The molecule has 0 bridgehead atoms. The molecule has 0 atom stereocenters. The van der Waals surface area contributed by atoms with Crippen LogP contribution in [0.15, 0.2) is 41.3 Å². The second-order valence-corrected chi connectivity index (χ2v) is 6.05. The summed E-state index contributed by atoms with van der Waals surface area (Å²) in [5.74, 6) is -1.31. The molecule has 11 nitrogen and oxygen atoms in total. The van der Waals surface area contributed by atoms with E-state index in [4.69, 9.17) is 9.52 Å². The van der Waals surface area contributed by atoms with Gasteiger partial charge in [0.05, 0.1) is 37.7 Å². The highest BCUT2D eigenvalue weighted by atomic mass is 16.4. The molecule has 2 amide bonds. The van der Waals surface area contributed by atoms with Crippen LogP contribution in [0.25, 0.3) is 0 Å². The monoisotopic (exact) mass is 400 g/mol. The number of hydrogen-bond acceptors (Lipinski definition) is 6. The van der Waals surface area contributed by atoms with E-state index in [0.717, 1.165) is 0 Å². The molecule has 0 saturated carbocycles. The Morgan fingerprint density at radius 1 is 1.24 bits per heavy atom. The molecule has 0 unspecified atom stereocenters. The number of rotatable bonds is 9. The third-order valence-electron chi connectivity index (χ3n) is 4.03. The number of amides is 2. The Kier molecular flexibility index (Phi) is 6.07. The molecule has 29 heavy (non-hydrogen) atoms. The van der Waals surface area contributed by atoms with Crippen molar-refractivity contribution in [2.45, 2.75) is 33.0 Å². The van der Waals surface area contributed by atoms with Gasteiger partial charge in [0.25, 0.3) is 11.8 Å². The zero-order chi connectivity index (χ0) is 20.8. The Labute approximate surface area is 165 Å². The van der Waals surface area contributed by atoms with E-state index in [1.54, 1.807) is 12.1 Å². The largest absolute Gasteiger partial charge is 0.481 e. The number of carbonyl (C=O) groups excluding carboxylic acids is 2. The van der Waals surface area contributed by atoms with Crippen LogP contribution in [0.4, 0.5) is 5.69 Å². The highest BCUT2D eigenvalue weighted by molar-refractivity contribution is 6.07. The summed E-state index contributed by atoms with van der Waals surface area (Å²) in [7, 11) is 0. The number of nitrogens with zero attached hydrogens (tertiary/aromatic N) is 4. The standard InChI is InChI=1S/C18H20N6O5/c1-2-24-16(18(28)19-10-12-4-3-9-29-12)14(11-20-24)21-17(27)13-5-7-23(22-13)8-6-15(25)26/h3-5,7,9,11H,2,6,8,10H2,1H3,(H,19,28)(H,21,27)(H,25,26). The highest BCUT2D eigenvalue weighted by Crippen LogP contribution is 2.16. The second-order valence-electron chi connectivity index (χ2n) is 6.05. The van der Waals surface area contributed by atoms with E-state index in [9.17, 15) is 14.4 Å². The van der Waals surface area contributed by atoms with Gasteiger partial charge in [0.1, 0.15) is 11.5 Å². The van der Waals surface area contributed by atoms with Gasteiger partial charge in [-0.25, -0.2) is 0 Å². The maximum absolute atomic E-state index is 12.6. The van der Waals surface area contributed by atoms with E-state index in [0.29, 0.717) is 12.3 Å². The molecule has 3 N–H and O–H groups in total. The fraction of sp³-hybridized carbons (Fsp3) is 0.278. The number of anilines is 1. The van der Waals surface area contributed by atoms with Crippen molar-refractivity contribution < 1.29 is 23.9 Å². The summed E-state index contributed by atoms with van der Waals surface area (Å²) in [6.45, 7) is 2.61. The molecule has 0 saturated heterocycles. The number of aryl methyl sites for hydroxylation is 2. The smallest absolute Gasteiger partial charge is 0.305 e. The van der Waals surface area contributed by atoms with Gasteiger partial charge < -0.3 is 20.2 Å². The van der Waals surface area contributed by atoms with Crippen LogP contribution < -0.4 is 10.6 Å². The first-order chi connectivity index (χ1) is 14.0. The van der Waals surface area contributed by atoms with Gasteiger partial charge in [0, 0.05) is 12.7 Å². The summed E-state index contributed by atoms with van der Waals surface area (Å²) in [5.41, 5.74) is 0.549. The Morgan fingerprint density at radius 2 is 2.07 bits per heavy atom. The molecular formula is C18H20N6O5. The van der Waals surface area contributed by atoms with Crippen molar-refractivity contribution in [1.29, 1.82) is 0 Å². The zero-order valence-electron chi connectivity index (χ0n) is 15.7. The van der Waals surface area contributed by atoms with Crippen LogP contribution in [0.2, 0.25) is 0 Å². The fourth-order valence-corrected chi connectivity index (χ4v) is 2.62. The quantitative estimate of drug-likeness (QED) is 0.492. The molecular weight excluding hydrogens is 380 g/mol. The van der Waals surface area contributed by atoms with Gasteiger partial charge in [-0.2, -0.15) is 10.2 Å². The highest BCUT2D eigenvalue weighted by Gasteiger charge is 2.21. The molecule has 3 rings (SSSR count). The third kappa shape index (κ3) is 4.89. The van der Waals surface area contributed by atoms with Crippen LogP contribution in [0, 0.1) is 0 Å². The first kappa shape index (κ1) is 19.9. The Bertz CT molecular complexity index is 1000. The molecule has 152 valence electrons. The average molecular weight is 400 g/mol. The molecule has 0 spiro atoms. The van der Waals surface area contributed by atoms with Gasteiger partial charge in [-0.15, -0.1) is 0 Å². The predicted octanol–water partition coefficient (Wildman–Crippen LogP) is 1.35. The van der Waals surface area contributed by atoms with Crippen LogP contribution in [-0.2, 0) is 24.4 Å². The van der Waals surface area contributed by atoms with Crippen molar-refractivity contribution in [3.63, 3.8) is 0 Å². The topological polar surface area (TPSA) is 144 Å². The number of furan rings is 1. The lowest BCUT2D eigenvalue weighted by molar-refractivity contribution is -0.137. The number of carboxylic acids is 1. The van der Waals surface area contributed by atoms with Crippen molar-refractivity contribution in [3.8, 4) is 0 Å². The number of carboxylic acid groups (broad SMARTS) is 1. The van der Waals surface area contributed by atoms with E-state index in [1.165, 1.54) is 34.1 Å². The number of aromatic nitrogens is 4. The summed E-state index contributed by atoms with van der Waals surface area (Å²) in [4.78, 5) is 35.8. The first-order valence-electron chi connectivity index (χ1n) is 8.91. The summed E-state index contributed by atoms with van der Waals surface area (Å²) in [6.07, 6.45) is 4.32. The number of hydrogen-bond donors (Lipinski definition) is 3. The average Bonchev–Trinajstić information content (AvgIpc) is 3.44. The van der Waals surface area contributed by atoms with Gasteiger partial charge >= 0.3 is 5.97 Å². The van der Waals surface area contributed by atoms with Gasteiger partial charge in [0.2, 0.25) is 0 Å². The molecule has 3 aromatic heterocycles. The summed E-state index contributed by atoms with van der Waals surface area (Å²) in [6, 6.07) is 4.93. The predicted molar refractivity (Wildman–Crippen MR) is 100 cm³/mol. The number of carbonyl (C=O) groups is 3. The molecule has 3 heterocycles. The molecule has 11 heteroatoms. The normalized spacial score (nSPS) is 10.7. The van der Waals surface area contributed by atoms with E-state index in [2.05, 4.69) is 20.8 Å². The van der Waals surface area contributed by atoms with Crippen molar-refractivity contribution in [2.24, 2.45) is 0 Å². The Morgan fingerprint density at radius 3 is 2.76 bits per heavy atom. The van der Waals surface area contributed by atoms with Gasteiger partial charge in [-0.3, -0.25) is 23.7 Å². The lowest BCUT2D eigenvalue weighted by Gasteiger charge is -2.09. The lowest BCUT2D eigenvalue weighted by Crippen LogP contribution is -2.27. The van der Waals surface area contributed by atoms with Gasteiger partial charge in [-0.05, 0) is 25.1 Å². The minimum atomic E-state index is -0.955. The summed E-state index contributed by atoms with van der Waals surface area (Å²) >= 11 is 0. The Balaban J connectivity index is 1.70. The molecule has 0 aliphatic rings. The van der Waals surface area contributed by atoms with Crippen LogP contribution in [-0.4, -0.2) is 42.5 Å². The maximum Gasteiger partial charge on any atom is 0.305 e. The number of nitrogens with one attached hydrogen (secondary N) is 2. The van der Waals surface area contributed by atoms with E-state index < -0.39 is 17.8 Å². The minimum absolute atomic E-state index is 0.0987. The van der Waals surface area contributed by atoms with Crippen LogP contribution >= 0.6 is 0 Å². The SMILES string of the molecule is CCn1ncc(NC(=O)c2ccn(CCC(=O)O)n2)c1C(=O)NCc1ccco1. The second kappa shape index (κ2) is 8.87. The van der Waals surface area contributed by atoms with E-state index in [1.807, 2.05) is 6.92 Å². The molecule has 0 aliphatic heterocycles. The molecule has 0 aromatic carbocycles. The van der Waals surface area contributed by atoms with Crippen LogP contribution in [0.3, 0.4) is 0 Å². The Hall–Kier alpha value is -3.89. The van der Waals surface area contributed by atoms with Crippen molar-refractivity contribution in [2.75, 3.05) is 5.32 Å². The summed E-state index contributed by atoms with van der Waals surface area (Å²) < 4.78 is 8.03. The fourth-order valence-electron chi connectivity index (χ4n) is 2.62. The third-order valence-corrected chi connectivity index (χ3v) is 4.03. The van der Waals surface area contributed by atoms with Crippen molar-refractivity contribution in [3.05, 3.63) is 54.0 Å². The minimum Gasteiger partial charge on any atom is -0.481 e. The maximum atomic E-state index is 12.6. The lowest BCUT2D eigenvalue weighted by atomic mass is 10.3. The molecule has 0 fully saturated rings. The van der Waals surface area contributed by atoms with Crippen molar-refractivity contribution in [1.82, 2.24) is 24.9 Å². The first-order valence-corrected chi connectivity index (χ1v) is 8.91. The molecule has 3 aromatic rings. The number of aliphatic carboxylic acids is 1. The van der Waals surface area contributed by atoms with E-state index >= 15 is 0 Å². The molecule has 0 radical (unpaired) electrons. The van der Waals surface area contributed by atoms with E-state index in [-0.39, 0.29) is 36.6 Å². The molecule has 0 aliphatic carbocycles. The summed E-state index contributed by atoms with van der Waals surface area (Å²) in [5, 5.41) is 22.3. The zero-order valence-corrected chi connectivity index (χ0v) is 15.7. The van der Waals surface area contributed by atoms with Gasteiger partial charge in [0.15, 0.2) is 5.69 Å². The van der Waals surface area contributed by atoms with Crippen LogP contribution in [0.5, 0.6) is 0 Å². The van der Waals surface area contributed by atoms with Gasteiger partial charge in [-0.1, -0.05) is 0 Å².